The number of ether oxygens (including phenoxy) is 1. The molecular weight excluding hydrogens is 284 g/mol. The van der Waals surface area contributed by atoms with Crippen LogP contribution in [0, 0.1) is 11.8 Å². The Kier molecular flexibility index (Phi) is 8.87. The summed E-state index contributed by atoms with van der Waals surface area (Å²) in [6.07, 6.45) is 0.571. The Bertz CT molecular complexity index is 374. The minimum Gasteiger partial charge on any atom is -0.464 e. The molecule has 0 rings (SSSR count). The monoisotopic (exact) mass is 314 g/mol. The molecule has 1 atom stereocenters. The molecule has 0 unspecified atom stereocenters. The zero-order valence-corrected chi connectivity index (χ0v) is 15.3. The van der Waals surface area contributed by atoms with E-state index in [4.69, 9.17) is 9.16 Å². The van der Waals surface area contributed by atoms with Crippen LogP contribution in [0.1, 0.15) is 47.0 Å². The van der Waals surface area contributed by atoms with Crippen LogP contribution in [0.4, 0.5) is 0 Å². The molecule has 0 aromatic carbocycles. The van der Waals surface area contributed by atoms with Crippen molar-refractivity contribution >= 4 is 14.3 Å². The van der Waals surface area contributed by atoms with E-state index < -0.39 is 20.4 Å². The zero-order valence-electron chi connectivity index (χ0n) is 14.3. The van der Waals surface area contributed by atoms with Gasteiger partial charge in [-0.3, -0.25) is 0 Å². The van der Waals surface area contributed by atoms with Crippen LogP contribution in [-0.4, -0.2) is 38.7 Å². The lowest BCUT2D eigenvalue weighted by molar-refractivity contribution is -0.152. The second kappa shape index (κ2) is 9.24. The van der Waals surface area contributed by atoms with Crippen LogP contribution < -0.4 is 0 Å². The van der Waals surface area contributed by atoms with E-state index in [1.807, 2.05) is 0 Å². The maximum absolute atomic E-state index is 11.2. The van der Waals surface area contributed by atoms with Gasteiger partial charge in [-0.1, -0.05) is 26.7 Å². The van der Waals surface area contributed by atoms with Crippen LogP contribution in [0.2, 0.25) is 18.1 Å². The van der Waals surface area contributed by atoms with Crippen LogP contribution in [0.5, 0.6) is 0 Å². The molecule has 0 fully saturated rings. The first-order valence-electron chi connectivity index (χ1n) is 7.56. The molecule has 0 saturated carbocycles. The zero-order chi connectivity index (χ0) is 16.5. The average Bonchev–Trinajstić information content (AvgIpc) is 2.36. The minimum absolute atomic E-state index is 0.127. The van der Waals surface area contributed by atoms with Gasteiger partial charge >= 0.3 is 5.97 Å². The van der Waals surface area contributed by atoms with E-state index in [-0.39, 0.29) is 18.1 Å². The molecule has 0 heterocycles. The summed E-state index contributed by atoms with van der Waals surface area (Å²) < 4.78 is 10.7. The summed E-state index contributed by atoms with van der Waals surface area (Å²) in [5.74, 6) is 5.16. The number of carbonyl (C=O) groups excluding carboxylic acids is 1. The van der Waals surface area contributed by atoms with E-state index in [0.717, 1.165) is 6.42 Å². The van der Waals surface area contributed by atoms with E-state index in [1.165, 1.54) is 0 Å². The lowest BCUT2D eigenvalue weighted by atomic mass is 10.2. The van der Waals surface area contributed by atoms with Crippen LogP contribution in [-0.2, 0) is 14.0 Å². The molecule has 0 aromatic rings. The molecule has 0 radical (unpaired) electrons. The maximum atomic E-state index is 11.2. The normalized spacial score (nSPS) is 13.3. The smallest absolute Gasteiger partial charge is 0.335 e. The van der Waals surface area contributed by atoms with Crippen LogP contribution in [0.15, 0.2) is 0 Å². The SMILES string of the molecule is CCOC(=O)[C@H](O)CC#CCCCO[Si](C)(C)C(C)(C)C. The third-order valence-electron chi connectivity index (χ3n) is 3.69. The molecule has 0 aliphatic carbocycles. The van der Waals surface area contributed by atoms with Crippen molar-refractivity contribution in [2.24, 2.45) is 0 Å². The molecule has 0 aliphatic rings. The van der Waals surface area contributed by atoms with Gasteiger partial charge in [-0.2, -0.15) is 0 Å². The summed E-state index contributed by atoms with van der Waals surface area (Å²) in [6, 6.07) is 0. The minimum atomic E-state index is -1.66. The van der Waals surface area contributed by atoms with Crippen molar-refractivity contribution in [2.75, 3.05) is 13.2 Å². The van der Waals surface area contributed by atoms with Crippen LogP contribution in [0.25, 0.3) is 0 Å². The van der Waals surface area contributed by atoms with Gasteiger partial charge in [-0.15, -0.1) is 5.92 Å². The fraction of sp³-hybridized carbons (Fsp3) is 0.812. The van der Waals surface area contributed by atoms with Crippen LogP contribution >= 0.6 is 0 Å². The molecule has 0 amide bonds. The molecule has 0 aliphatic heterocycles. The van der Waals surface area contributed by atoms with Crippen molar-refractivity contribution in [1.29, 1.82) is 0 Å². The molecule has 21 heavy (non-hydrogen) atoms. The Morgan fingerprint density at radius 3 is 2.43 bits per heavy atom. The fourth-order valence-corrected chi connectivity index (χ4v) is 2.37. The summed E-state index contributed by atoms with van der Waals surface area (Å²) in [7, 11) is -1.66. The Hall–Kier alpha value is -0.833. The first kappa shape index (κ1) is 20.2. The standard InChI is InChI=1S/C16H30O4Si/c1-7-19-15(18)14(17)12-10-8-9-11-13-20-21(5,6)16(2,3)4/h14,17H,7,9,11-13H2,1-6H3/t14-/m1/s1. The fourth-order valence-electron chi connectivity index (χ4n) is 1.28. The number of esters is 1. The summed E-state index contributed by atoms with van der Waals surface area (Å²) in [5, 5.41) is 9.68. The Morgan fingerprint density at radius 2 is 1.90 bits per heavy atom. The molecule has 0 saturated heterocycles. The molecule has 122 valence electrons. The van der Waals surface area contributed by atoms with Gasteiger partial charge in [0.1, 0.15) is 0 Å². The number of carbonyl (C=O) groups is 1. The van der Waals surface area contributed by atoms with Gasteiger partial charge < -0.3 is 14.3 Å². The molecule has 5 heteroatoms. The quantitative estimate of drug-likeness (QED) is 0.339. The first-order valence-corrected chi connectivity index (χ1v) is 10.5. The summed E-state index contributed by atoms with van der Waals surface area (Å²) >= 11 is 0. The largest absolute Gasteiger partial charge is 0.464 e. The number of hydrogen-bond donors (Lipinski definition) is 1. The Labute approximate surface area is 130 Å². The van der Waals surface area contributed by atoms with Crippen molar-refractivity contribution in [1.82, 2.24) is 0 Å². The third kappa shape index (κ3) is 8.25. The molecule has 0 aromatic heterocycles. The Morgan fingerprint density at radius 1 is 1.29 bits per heavy atom. The van der Waals surface area contributed by atoms with E-state index in [2.05, 4.69) is 45.7 Å². The van der Waals surface area contributed by atoms with Gasteiger partial charge in [0, 0.05) is 19.4 Å². The summed E-state index contributed by atoms with van der Waals surface area (Å²) in [6.45, 7) is 13.8. The van der Waals surface area contributed by atoms with Crippen molar-refractivity contribution in [3.63, 3.8) is 0 Å². The summed E-state index contributed by atoms with van der Waals surface area (Å²) in [5.41, 5.74) is 0. The van der Waals surface area contributed by atoms with Crippen molar-refractivity contribution < 1.29 is 19.1 Å². The van der Waals surface area contributed by atoms with Gasteiger partial charge in [0.25, 0.3) is 0 Å². The number of unbranched alkanes of at least 4 members (excludes halogenated alkanes) is 1. The van der Waals surface area contributed by atoms with Gasteiger partial charge in [0.15, 0.2) is 14.4 Å². The van der Waals surface area contributed by atoms with Gasteiger partial charge in [-0.25, -0.2) is 4.79 Å². The van der Waals surface area contributed by atoms with Crippen LogP contribution in [0.3, 0.4) is 0 Å². The van der Waals surface area contributed by atoms with Gasteiger partial charge in [-0.05, 0) is 31.5 Å². The van der Waals surface area contributed by atoms with Crippen molar-refractivity contribution in [3.8, 4) is 11.8 Å². The molecular formula is C16H30O4Si. The second-order valence-corrected chi connectivity index (χ2v) is 11.3. The number of aliphatic hydroxyl groups excluding tert-OH is 1. The van der Waals surface area contributed by atoms with E-state index in [9.17, 15) is 9.90 Å². The lowest BCUT2D eigenvalue weighted by Gasteiger charge is -2.36. The second-order valence-electron chi connectivity index (χ2n) is 6.54. The predicted molar refractivity (Wildman–Crippen MR) is 87.4 cm³/mol. The third-order valence-corrected chi connectivity index (χ3v) is 8.23. The average molecular weight is 314 g/mol. The summed E-state index contributed by atoms with van der Waals surface area (Å²) in [4.78, 5) is 11.2. The topological polar surface area (TPSA) is 55.8 Å². The molecule has 0 bridgehead atoms. The van der Waals surface area contributed by atoms with Crippen molar-refractivity contribution in [3.05, 3.63) is 0 Å². The van der Waals surface area contributed by atoms with E-state index >= 15 is 0 Å². The highest BCUT2D eigenvalue weighted by molar-refractivity contribution is 6.74. The highest BCUT2D eigenvalue weighted by Crippen LogP contribution is 2.36. The number of hydrogen-bond acceptors (Lipinski definition) is 4. The highest BCUT2D eigenvalue weighted by atomic mass is 28.4. The first-order chi connectivity index (χ1) is 9.62. The van der Waals surface area contributed by atoms with Gasteiger partial charge in [0.05, 0.1) is 6.61 Å². The predicted octanol–water partition coefficient (Wildman–Crippen LogP) is 3.11. The van der Waals surface area contributed by atoms with Crippen molar-refractivity contribution in [2.45, 2.75) is 71.2 Å². The van der Waals surface area contributed by atoms with E-state index in [1.54, 1.807) is 6.92 Å². The Balaban J connectivity index is 3.88. The molecule has 0 spiro atoms. The number of rotatable bonds is 7. The number of aliphatic hydroxyl groups is 1. The van der Waals surface area contributed by atoms with E-state index in [0.29, 0.717) is 13.0 Å². The van der Waals surface area contributed by atoms with Gasteiger partial charge in [0.2, 0.25) is 0 Å². The maximum Gasteiger partial charge on any atom is 0.335 e. The molecule has 1 N–H and O–H groups in total. The lowest BCUT2D eigenvalue weighted by Crippen LogP contribution is -2.40. The molecule has 4 nitrogen and oxygen atoms in total. The highest BCUT2D eigenvalue weighted by Gasteiger charge is 2.36.